The van der Waals surface area contributed by atoms with Gasteiger partial charge in [-0.3, -0.25) is 14.5 Å². The van der Waals surface area contributed by atoms with Crippen molar-refractivity contribution in [2.45, 2.75) is 32.7 Å². The molecule has 1 N–H and O–H groups in total. The van der Waals surface area contributed by atoms with Crippen molar-refractivity contribution in [3.8, 4) is 0 Å². The van der Waals surface area contributed by atoms with Crippen LogP contribution in [0.5, 0.6) is 0 Å². The summed E-state index contributed by atoms with van der Waals surface area (Å²) in [5.74, 6) is -0.251. The molecule has 25 heavy (non-hydrogen) atoms. The van der Waals surface area contributed by atoms with Crippen molar-refractivity contribution in [1.29, 1.82) is 0 Å². The summed E-state index contributed by atoms with van der Waals surface area (Å²) in [4.78, 5) is 29.7. The summed E-state index contributed by atoms with van der Waals surface area (Å²) in [5.41, 5.74) is -0.381. The molecule has 2 heterocycles. The van der Waals surface area contributed by atoms with Gasteiger partial charge < -0.3 is 10.0 Å². The van der Waals surface area contributed by atoms with E-state index in [2.05, 4.69) is 0 Å². The zero-order chi connectivity index (χ0) is 18.6. The Bertz CT molecular complexity index is 678. The van der Waals surface area contributed by atoms with Crippen molar-refractivity contribution >= 4 is 57.5 Å². The van der Waals surface area contributed by atoms with E-state index in [-0.39, 0.29) is 43.5 Å². The number of carbonyl (C=O) groups is 2. The average Bonchev–Trinajstić information content (AvgIpc) is 3.11. The predicted molar refractivity (Wildman–Crippen MR) is 107 cm³/mol. The second kappa shape index (κ2) is 8.44. The van der Waals surface area contributed by atoms with Gasteiger partial charge >= 0.3 is 0 Å². The number of aliphatic hydroxyl groups is 1. The maximum Gasteiger partial charge on any atom is 0.266 e. The Labute approximate surface area is 161 Å². The highest BCUT2D eigenvalue weighted by Crippen LogP contribution is 2.33. The number of thiophene rings is 1. The molecule has 1 fully saturated rings. The lowest BCUT2D eigenvalue weighted by atomic mass is 10.1. The fraction of sp³-hybridized carbons (Fsp3) is 0.471. The van der Waals surface area contributed by atoms with Gasteiger partial charge in [0.05, 0.1) is 11.5 Å². The number of hydrogen-bond acceptors (Lipinski definition) is 6. The van der Waals surface area contributed by atoms with Crippen LogP contribution in [0.1, 0.15) is 32.1 Å². The van der Waals surface area contributed by atoms with Crippen LogP contribution in [0.25, 0.3) is 6.08 Å². The summed E-state index contributed by atoms with van der Waals surface area (Å²) in [7, 11) is 0. The number of amides is 2. The molecule has 0 bridgehead atoms. The molecule has 1 aliphatic rings. The zero-order valence-corrected chi connectivity index (χ0v) is 17.0. The first-order valence-corrected chi connectivity index (χ1v) is 10.0. The number of nitrogens with zero attached hydrogens (tertiary/aromatic N) is 2. The molecule has 1 aromatic heterocycles. The van der Waals surface area contributed by atoms with E-state index in [9.17, 15) is 14.7 Å². The van der Waals surface area contributed by atoms with Crippen molar-refractivity contribution in [2.24, 2.45) is 0 Å². The first-order valence-electron chi connectivity index (χ1n) is 7.94. The number of β-amino-alcohol motifs (C(OH)–C–C–N with tert-alkyl or cyclic N) is 1. The Balaban J connectivity index is 2.01. The van der Waals surface area contributed by atoms with Gasteiger partial charge in [-0.05, 0) is 38.3 Å². The summed E-state index contributed by atoms with van der Waals surface area (Å²) >= 11 is 8.12. The third kappa shape index (κ3) is 5.13. The summed E-state index contributed by atoms with van der Waals surface area (Å²) in [6.45, 7) is 6.20. The fourth-order valence-electron chi connectivity index (χ4n) is 2.47. The third-order valence-corrected chi connectivity index (χ3v) is 5.87. The topological polar surface area (TPSA) is 60.9 Å². The van der Waals surface area contributed by atoms with Gasteiger partial charge in [-0.1, -0.05) is 30.0 Å². The lowest BCUT2D eigenvalue weighted by Gasteiger charge is -2.35. The Morgan fingerprint density at radius 3 is 2.72 bits per heavy atom. The third-order valence-electron chi connectivity index (χ3n) is 3.67. The minimum absolute atomic E-state index is 0.0897. The molecule has 0 radical (unpaired) electrons. The number of carbonyl (C=O) groups excluding carboxylic acids is 2. The molecular weight excluding hydrogens is 376 g/mol. The van der Waals surface area contributed by atoms with Crippen molar-refractivity contribution in [1.82, 2.24) is 9.80 Å². The maximum absolute atomic E-state index is 12.5. The van der Waals surface area contributed by atoms with Crippen LogP contribution in [-0.2, 0) is 9.59 Å². The van der Waals surface area contributed by atoms with Gasteiger partial charge in [0.2, 0.25) is 5.91 Å². The van der Waals surface area contributed by atoms with Gasteiger partial charge in [0.1, 0.15) is 4.32 Å². The lowest BCUT2D eigenvalue weighted by Crippen LogP contribution is -2.48. The van der Waals surface area contributed by atoms with Crippen LogP contribution >= 0.6 is 35.3 Å². The monoisotopic (exact) mass is 398 g/mol. The van der Waals surface area contributed by atoms with Crippen molar-refractivity contribution in [2.75, 3.05) is 19.7 Å². The SMILES string of the molecule is CC(C)(C)N(CCO)C(=O)CCN1C(=O)/C(=C\c2cccs2)SC1=S. The first kappa shape index (κ1) is 20.1. The maximum atomic E-state index is 12.5. The van der Waals surface area contributed by atoms with Crippen LogP contribution in [0.2, 0.25) is 0 Å². The second-order valence-corrected chi connectivity index (χ2v) is 9.19. The van der Waals surface area contributed by atoms with Gasteiger partial charge in [-0.25, -0.2) is 0 Å². The molecule has 136 valence electrons. The summed E-state index contributed by atoms with van der Waals surface area (Å²) in [5, 5.41) is 11.1. The van der Waals surface area contributed by atoms with E-state index < -0.39 is 0 Å². The van der Waals surface area contributed by atoms with Crippen LogP contribution in [0.15, 0.2) is 22.4 Å². The highest BCUT2D eigenvalue weighted by Gasteiger charge is 2.33. The van der Waals surface area contributed by atoms with Crippen LogP contribution < -0.4 is 0 Å². The number of aliphatic hydroxyl groups excluding tert-OH is 1. The van der Waals surface area contributed by atoms with E-state index in [0.29, 0.717) is 9.23 Å². The van der Waals surface area contributed by atoms with E-state index in [4.69, 9.17) is 12.2 Å². The molecule has 0 unspecified atom stereocenters. The number of hydrogen-bond donors (Lipinski definition) is 1. The number of thioether (sulfide) groups is 1. The molecule has 1 saturated heterocycles. The number of thiocarbonyl (C=S) groups is 1. The molecule has 0 aliphatic carbocycles. The first-order chi connectivity index (χ1) is 11.7. The minimum Gasteiger partial charge on any atom is -0.395 e. The number of rotatable bonds is 6. The molecule has 1 aromatic rings. The Morgan fingerprint density at radius 1 is 1.44 bits per heavy atom. The summed E-state index contributed by atoms with van der Waals surface area (Å²) in [6.07, 6.45) is 2.01. The van der Waals surface area contributed by atoms with Gasteiger partial charge in [0.15, 0.2) is 0 Å². The van der Waals surface area contributed by atoms with Crippen LogP contribution in [0.4, 0.5) is 0 Å². The molecule has 1 aliphatic heterocycles. The average molecular weight is 399 g/mol. The van der Waals surface area contributed by atoms with Gasteiger partial charge in [-0.15, -0.1) is 11.3 Å². The normalized spacial score (nSPS) is 16.8. The minimum atomic E-state index is -0.381. The van der Waals surface area contributed by atoms with Crippen molar-refractivity contribution in [3.63, 3.8) is 0 Å². The molecule has 2 amide bonds. The highest BCUT2D eigenvalue weighted by atomic mass is 32.2. The fourth-order valence-corrected chi connectivity index (χ4v) is 4.50. The quantitative estimate of drug-likeness (QED) is 0.590. The molecule has 0 saturated carbocycles. The Morgan fingerprint density at radius 2 is 2.16 bits per heavy atom. The van der Waals surface area contributed by atoms with Crippen LogP contribution in [0, 0.1) is 0 Å². The second-order valence-electron chi connectivity index (χ2n) is 6.54. The summed E-state index contributed by atoms with van der Waals surface area (Å²) < 4.78 is 0.477. The molecule has 2 rings (SSSR count). The van der Waals surface area contributed by atoms with E-state index in [1.807, 2.05) is 44.4 Å². The van der Waals surface area contributed by atoms with E-state index >= 15 is 0 Å². The van der Waals surface area contributed by atoms with Crippen LogP contribution in [0.3, 0.4) is 0 Å². The summed E-state index contributed by atoms with van der Waals surface area (Å²) in [6, 6.07) is 3.87. The standard InChI is InChI=1S/C17H22N2O3S3/c1-17(2,3)19(8-9-20)14(21)6-7-18-15(22)13(25-16(18)23)11-12-5-4-10-24-12/h4-5,10-11,20H,6-9H2,1-3H3/b13-11+. The lowest BCUT2D eigenvalue weighted by molar-refractivity contribution is -0.137. The predicted octanol–water partition coefficient (Wildman–Crippen LogP) is 2.96. The zero-order valence-electron chi connectivity index (χ0n) is 14.5. The Hall–Kier alpha value is -1.22. The highest BCUT2D eigenvalue weighted by molar-refractivity contribution is 8.26. The van der Waals surface area contributed by atoms with Crippen LogP contribution in [-0.4, -0.2) is 56.3 Å². The molecule has 0 spiro atoms. The molecule has 0 aromatic carbocycles. The smallest absolute Gasteiger partial charge is 0.266 e. The molecular formula is C17H22N2O3S3. The van der Waals surface area contributed by atoms with E-state index in [1.165, 1.54) is 16.7 Å². The van der Waals surface area contributed by atoms with Crippen molar-refractivity contribution < 1.29 is 14.7 Å². The Kier molecular flexibility index (Phi) is 6.79. The van der Waals surface area contributed by atoms with E-state index in [1.54, 1.807) is 16.2 Å². The van der Waals surface area contributed by atoms with Gasteiger partial charge in [-0.2, -0.15) is 0 Å². The van der Waals surface area contributed by atoms with Gasteiger partial charge in [0, 0.05) is 29.9 Å². The molecule has 8 heteroatoms. The largest absolute Gasteiger partial charge is 0.395 e. The molecule has 0 atom stereocenters. The molecule has 5 nitrogen and oxygen atoms in total. The van der Waals surface area contributed by atoms with Crippen molar-refractivity contribution in [3.05, 3.63) is 27.3 Å². The van der Waals surface area contributed by atoms with E-state index in [0.717, 1.165) is 4.88 Å². The van der Waals surface area contributed by atoms with Gasteiger partial charge in [0.25, 0.3) is 5.91 Å².